The summed E-state index contributed by atoms with van der Waals surface area (Å²) in [5.74, 6) is -0.113. The normalized spacial score (nSPS) is 48.1. The summed E-state index contributed by atoms with van der Waals surface area (Å²) in [6.07, 6.45) is 2.42. The molecule has 4 rings (SSSR count). The first kappa shape index (κ1) is 13.4. The van der Waals surface area contributed by atoms with E-state index in [0.717, 1.165) is 39.0 Å². The molecule has 108 valence electrons. The number of piperidine rings is 2. The number of fused-ring (bicyclic) bond motifs is 1. The van der Waals surface area contributed by atoms with Gasteiger partial charge in [-0.05, 0) is 6.42 Å². The minimum Gasteiger partial charge on any atom is -0.461 e. The number of carbonyl (C=O) groups excluding carboxylic acids is 1. The van der Waals surface area contributed by atoms with Crippen LogP contribution in [0, 0.1) is 10.8 Å². The number of carbonyl (C=O) groups is 1. The SMILES string of the molecule is CCCC12CN3CCN(CC(C)(C3)C1OC(C)=O)C2. The van der Waals surface area contributed by atoms with Gasteiger partial charge in [0.2, 0.25) is 0 Å². The maximum absolute atomic E-state index is 11.6. The molecular formula is C15H26N2O2. The van der Waals surface area contributed by atoms with Crippen LogP contribution in [-0.4, -0.2) is 61.1 Å². The molecule has 0 aromatic rings. The van der Waals surface area contributed by atoms with Crippen molar-refractivity contribution in [1.82, 2.24) is 9.80 Å². The minimum absolute atomic E-state index is 0.100. The Morgan fingerprint density at radius 1 is 1.21 bits per heavy atom. The van der Waals surface area contributed by atoms with Gasteiger partial charge in [-0.1, -0.05) is 20.3 Å². The summed E-state index contributed by atoms with van der Waals surface area (Å²) in [5.41, 5.74) is 0.260. The maximum Gasteiger partial charge on any atom is 0.302 e. The van der Waals surface area contributed by atoms with E-state index in [0.29, 0.717) is 0 Å². The molecule has 4 heterocycles. The van der Waals surface area contributed by atoms with E-state index in [-0.39, 0.29) is 22.9 Å². The molecule has 3 atom stereocenters. The van der Waals surface area contributed by atoms with Crippen molar-refractivity contribution in [3.63, 3.8) is 0 Å². The molecule has 4 nitrogen and oxygen atoms in total. The van der Waals surface area contributed by atoms with E-state index in [1.807, 2.05) is 0 Å². The van der Waals surface area contributed by atoms with Gasteiger partial charge in [0.15, 0.2) is 0 Å². The van der Waals surface area contributed by atoms with Gasteiger partial charge in [-0.25, -0.2) is 0 Å². The molecule has 0 aliphatic carbocycles. The van der Waals surface area contributed by atoms with Gasteiger partial charge < -0.3 is 14.5 Å². The van der Waals surface area contributed by atoms with Gasteiger partial charge in [-0.3, -0.25) is 4.79 Å². The van der Waals surface area contributed by atoms with E-state index >= 15 is 0 Å². The highest BCUT2D eigenvalue weighted by atomic mass is 16.5. The Balaban J connectivity index is 1.99. The molecule has 0 radical (unpaired) electrons. The zero-order chi connectivity index (χ0) is 13.7. The second kappa shape index (κ2) is 4.45. The van der Waals surface area contributed by atoms with Crippen LogP contribution in [0.15, 0.2) is 0 Å². The number of hydrogen-bond acceptors (Lipinski definition) is 4. The molecule has 4 saturated heterocycles. The molecule has 4 aliphatic heterocycles. The van der Waals surface area contributed by atoms with Crippen molar-refractivity contribution in [1.29, 1.82) is 0 Å². The van der Waals surface area contributed by atoms with Crippen LogP contribution in [0.25, 0.3) is 0 Å². The lowest BCUT2D eigenvalue weighted by Crippen LogP contribution is -2.69. The standard InChI is InChI=1S/C15H26N2O2/c1-4-5-15-10-16-6-7-17(11-15)9-14(3,8-16)13(15)19-12(2)18/h13H,4-11H2,1-3H3. The van der Waals surface area contributed by atoms with Crippen LogP contribution in [0.1, 0.15) is 33.6 Å². The van der Waals surface area contributed by atoms with Crippen LogP contribution in [0.4, 0.5) is 0 Å². The van der Waals surface area contributed by atoms with Crippen molar-refractivity contribution in [2.75, 3.05) is 39.3 Å². The van der Waals surface area contributed by atoms with Crippen molar-refractivity contribution in [3.8, 4) is 0 Å². The first-order chi connectivity index (χ1) is 8.97. The lowest BCUT2D eigenvalue weighted by atomic mass is 9.61. The predicted molar refractivity (Wildman–Crippen MR) is 73.9 cm³/mol. The average Bonchev–Trinajstić information content (AvgIpc) is 2.50. The van der Waals surface area contributed by atoms with E-state index < -0.39 is 0 Å². The molecule has 0 N–H and O–H groups in total. The third kappa shape index (κ3) is 2.09. The summed E-state index contributed by atoms with van der Waals surface area (Å²) in [6.45, 7) is 12.8. The first-order valence-corrected chi connectivity index (χ1v) is 7.59. The van der Waals surface area contributed by atoms with Gasteiger partial charge in [0.1, 0.15) is 6.10 Å². The summed E-state index contributed by atoms with van der Waals surface area (Å²) in [6, 6.07) is 0. The lowest BCUT2D eigenvalue weighted by molar-refractivity contribution is -0.198. The number of nitrogens with zero attached hydrogens (tertiary/aromatic N) is 2. The summed E-state index contributed by atoms with van der Waals surface area (Å²) in [5, 5.41) is 0. The van der Waals surface area contributed by atoms with E-state index in [4.69, 9.17) is 4.74 Å². The van der Waals surface area contributed by atoms with Crippen LogP contribution < -0.4 is 0 Å². The Kier molecular flexibility index (Phi) is 3.13. The van der Waals surface area contributed by atoms with E-state index in [2.05, 4.69) is 23.6 Å². The zero-order valence-corrected chi connectivity index (χ0v) is 12.4. The Labute approximate surface area is 116 Å². The van der Waals surface area contributed by atoms with Crippen molar-refractivity contribution in [3.05, 3.63) is 0 Å². The van der Waals surface area contributed by atoms with E-state index in [1.54, 1.807) is 6.92 Å². The molecule has 0 spiro atoms. The highest BCUT2D eigenvalue weighted by Crippen LogP contribution is 2.51. The molecular weight excluding hydrogens is 240 g/mol. The van der Waals surface area contributed by atoms with Crippen LogP contribution >= 0.6 is 0 Å². The molecule has 3 unspecified atom stereocenters. The van der Waals surface area contributed by atoms with E-state index in [1.165, 1.54) is 13.1 Å². The van der Waals surface area contributed by atoms with Gasteiger partial charge in [0.25, 0.3) is 0 Å². The number of esters is 1. The quantitative estimate of drug-likeness (QED) is 0.722. The lowest BCUT2D eigenvalue weighted by Gasteiger charge is -2.59. The number of hydrogen-bond donors (Lipinski definition) is 0. The van der Waals surface area contributed by atoms with Gasteiger partial charge in [0, 0.05) is 57.0 Å². The van der Waals surface area contributed by atoms with Crippen LogP contribution in [-0.2, 0) is 9.53 Å². The van der Waals surface area contributed by atoms with Gasteiger partial charge in [0.05, 0.1) is 0 Å². The van der Waals surface area contributed by atoms with Crippen molar-refractivity contribution in [2.24, 2.45) is 10.8 Å². The second-order valence-corrected chi connectivity index (χ2v) is 7.18. The monoisotopic (exact) mass is 266 g/mol. The minimum atomic E-state index is -0.113. The average molecular weight is 266 g/mol. The third-order valence-electron chi connectivity index (χ3n) is 5.20. The van der Waals surface area contributed by atoms with Crippen LogP contribution in [0.2, 0.25) is 0 Å². The second-order valence-electron chi connectivity index (χ2n) is 7.18. The number of rotatable bonds is 3. The fourth-order valence-electron chi connectivity index (χ4n) is 5.01. The first-order valence-electron chi connectivity index (χ1n) is 7.59. The Morgan fingerprint density at radius 2 is 1.79 bits per heavy atom. The molecule has 0 saturated carbocycles. The fourth-order valence-corrected chi connectivity index (χ4v) is 5.01. The topological polar surface area (TPSA) is 32.8 Å². The van der Waals surface area contributed by atoms with Crippen molar-refractivity contribution >= 4 is 5.97 Å². The number of ether oxygens (including phenoxy) is 1. The highest BCUT2D eigenvalue weighted by molar-refractivity contribution is 5.66. The third-order valence-corrected chi connectivity index (χ3v) is 5.20. The van der Waals surface area contributed by atoms with Gasteiger partial charge in [-0.15, -0.1) is 0 Å². The summed E-state index contributed by atoms with van der Waals surface area (Å²) >= 11 is 0. The predicted octanol–water partition coefficient (Wildman–Crippen LogP) is 1.36. The Morgan fingerprint density at radius 3 is 2.26 bits per heavy atom. The zero-order valence-electron chi connectivity index (χ0n) is 12.4. The molecule has 0 aromatic heterocycles. The smallest absolute Gasteiger partial charge is 0.302 e. The summed E-state index contributed by atoms with van der Waals surface area (Å²) < 4.78 is 5.85. The van der Waals surface area contributed by atoms with Gasteiger partial charge >= 0.3 is 5.97 Å². The molecule has 4 fully saturated rings. The largest absolute Gasteiger partial charge is 0.461 e. The molecule has 4 bridgehead atoms. The van der Waals surface area contributed by atoms with Crippen molar-refractivity contribution < 1.29 is 9.53 Å². The van der Waals surface area contributed by atoms with Crippen molar-refractivity contribution in [2.45, 2.75) is 39.7 Å². The molecule has 4 heteroatoms. The fraction of sp³-hybridized carbons (Fsp3) is 0.933. The van der Waals surface area contributed by atoms with Crippen LogP contribution in [0.5, 0.6) is 0 Å². The van der Waals surface area contributed by atoms with E-state index in [9.17, 15) is 4.79 Å². The van der Waals surface area contributed by atoms with Crippen LogP contribution in [0.3, 0.4) is 0 Å². The molecule has 19 heavy (non-hydrogen) atoms. The molecule has 4 aliphatic rings. The Hall–Kier alpha value is -0.610. The molecule has 0 aromatic carbocycles. The summed E-state index contributed by atoms with van der Waals surface area (Å²) in [7, 11) is 0. The van der Waals surface area contributed by atoms with Gasteiger partial charge in [-0.2, -0.15) is 0 Å². The maximum atomic E-state index is 11.6. The Bertz CT molecular complexity index is 366. The molecule has 0 amide bonds. The highest BCUT2D eigenvalue weighted by Gasteiger charge is 2.60. The summed E-state index contributed by atoms with van der Waals surface area (Å²) in [4.78, 5) is 16.8.